The number of rotatable bonds is 6. The molecule has 0 N–H and O–H groups in total. The van der Waals surface area contributed by atoms with Gasteiger partial charge in [-0.1, -0.05) is 6.07 Å². The number of pyridine rings is 1. The molecule has 2 rings (SSSR count). The predicted molar refractivity (Wildman–Crippen MR) is 97.4 cm³/mol. The van der Waals surface area contributed by atoms with Crippen LogP contribution in [0.4, 0.5) is 5.69 Å². The minimum absolute atomic E-state index is 0.0428. The molecule has 0 saturated carbocycles. The van der Waals surface area contributed by atoms with Crippen LogP contribution in [-0.4, -0.2) is 35.2 Å². The first-order valence-electron chi connectivity index (χ1n) is 7.96. The molecule has 2 aromatic rings. The summed E-state index contributed by atoms with van der Waals surface area (Å²) < 4.78 is 1.42. The molecule has 24 heavy (non-hydrogen) atoms. The van der Waals surface area contributed by atoms with E-state index in [2.05, 4.69) is 11.9 Å². The number of hydrogen-bond acceptors (Lipinski definition) is 3. The molecule has 0 aliphatic heterocycles. The molecule has 0 bridgehead atoms. The number of nitrogens with zero attached hydrogens (tertiary/aromatic N) is 3. The third-order valence-electron chi connectivity index (χ3n) is 3.95. The highest BCUT2D eigenvalue weighted by molar-refractivity contribution is 5.98. The Morgan fingerprint density at radius 2 is 2.00 bits per heavy atom. The van der Waals surface area contributed by atoms with Crippen LogP contribution in [0.3, 0.4) is 0 Å². The summed E-state index contributed by atoms with van der Waals surface area (Å²) in [7, 11) is 1.96. The second-order valence-corrected chi connectivity index (χ2v) is 5.86. The van der Waals surface area contributed by atoms with E-state index in [0.717, 1.165) is 23.4 Å². The molecule has 0 atom stereocenters. The summed E-state index contributed by atoms with van der Waals surface area (Å²) in [4.78, 5) is 30.8. The molecule has 1 aromatic heterocycles. The second-order valence-electron chi connectivity index (χ2n) is 5.86. The zero-order chi connectivity index (χ0) is 17.7. The van der Waals surface area contributed by atoms with Crippen molar-refractivity contribution in [1.29, 1.82) is 0 Å². The van der Waals surface area contributed by atoms with E-state index in [-0.39, 0.29) is 17.9 Å². The van der Waals surface area contributed by atoms with Crippen LogP contribution in [0, 0.1) is 13.8 Å². The second kappa shape index (κ2) is 7.73. The minimum Gasteiger partial charge on any atom is -0.366 e. The Bertz CT molecular complexity index is 822. The van der Waals surface area contributed by atoms with E-state index in [1.54, 1.807) is 24.7 Å². The van der Waals surface area contributed by atoms with E-state index in [4.69, 9.17) is 0 Å². The third kappa shape index (κ3) is 4.19. The number of aromatic nitrogens is 1. The molecule has 5 nitrogen and oxygen atoms in total. The van der Waals surface area contributed by atoms with E-state index in [9.17, 15) is 9.59 Å². The summed E-state index contributed by atoms with van der Waals surface area (Å²) >= 11 is 0. The van der Waals surface area contributed by atoms with E-state index < -0.39 is 0 Å². The van der Waals surface area contributed by atoms with Gasteiger partial charge in [0.2, 0.25) is 0 Å². The quantitative estimate of drug-likeness (QED) is 0.466. The summed E-state index contributed by atoms with van der Waals surface area (Å²) in [6.07, 6.45) is 3.41. The van der Waals surface area contributed by atoms with Crippen LogP contribution in [0.25, 0.3) is 0 Å². The van der Waals surface area contributed by atoms with Crippen LogP contribution >= 0.6 is 0 Å². The molecule has 126 valence electrons. The van der Waals surface area contributed by atoms with Gasteiger partial charge in [0.15, 0.2) is 5.78 Å². The number of benzene rings is 1. The first kappa shape index (κ1) is 17.7. The molecular formula is C19H23N3O2. The summed E-state index contributed by atoms with van der Waals surface area (Å²) in [5.41, 5.74) is 3.10. The van der Waals surface area contributed by atoms with Crippen LogP contribution in [-0.2, 0) is 6.54 Å². The summed E-state index contributed by atoms with van der Waals surface area (Å²) in [5.74, 6) is -0.0786. The zero-order valence-corrected chi connectivity index (χ0v) is 14.6. The van der Waals surface area contributed by atoms with Crippen molar-refractivity contribution in [2.24, 2.45) is 4.99 Å². The van der Waals surface area contributed by atoms with Crippen molar-refractivity contribution in [2.45, 2.75) is 27.3 Å². The molecule has 1 aromatic carbocycles. The van der Waals surface area contributed by atoms with Crippen molar-refractivity contribution in [2.75, 3.05) is 13.6 Å². The van der Waals surface area contributed by atoms with Gasteiger partial charge in [0, 0.05) is 31.4 Å². The minimum atomic E-state index is -0.177. The lowest BCUT2D eigenvalue weighted by molar-refractivity contribution is 0.0970. The van der Waals surface area contributed by atoms with Gasteiger partial charge in [0.05, 0.1) is 18.6 Å². The molecule has 0 aliphatic rings. The van der Waals surface area contributed by atoms with Crippen molar-refractivity contribution in [3.05, 3.63) is 63.6 Å². The van der Waals surface area contributed by atoms with Gasteiger partial charge in [-0.3, -0.25) is 9.59 Å². The van der Waals surface area contributed by atoms with Gasteiger partial charge in [-0.15, -0.1) is 0 Å². The van der Waals surface area contributed by atoms with E-state index in [1.165, 1.54) is 10.6 Å². The number of ketones is 1. The average molecular weight is 325 g/mol. The first-order valence-corrected chi connectivity index (χ1v) is 7.96. The number of aryl methyl sites for hydroxylation is 2. The van der Waals surface area contributed by atoms with Crippen molar-refractivity contribution in [1.82, 2.24) is 9.47 Å². The van der Waals surface area contributed by atoms with Crippen LogP contribution in [0.1, 0.15) is 28.4 Å². The van der Waals surface area contributed by atoms with Crippen molar-refractivity contribution in [3.8, 4) is 0 Å². The Morgan fingerprint density at radius 3 is 2.67 bits per heavy atom. The smallest absolute Gasteiger partial charge is 0.250 e. The number of carbonyl (C=O) groups excluding carboxylic acids is 1. The molecule has 1 heterocycles. The molecule has 0 amide bonds. The standard InChI is InChI=1S/C19H23N3O2/c1-5-21(4)13-20-17-11-14(2)16(10-15(17)3)18(23)12-22-9-7-6-8-19(22)24/h6-11,13H,5,12H2,1-4H3/b20-13-. The Morgan fingerprint density at radius 1 is 1.25 bits per heavy atom. The fourth-order valence-electron chi connectivity index (χ4n) is 2.31. The molecule has 0 spiro atoms. The van der Waals surface area contributed by atoms with Crippen LogP contribution in [0.5, 0.6) is 0 Å². The van der Waals surface area contributed by atoms with Gasteiger partial charge in [-0.05, 0) is 50.1 Å². The predicted octanol–water partition coefficient (Wildman–Crippen LogP) is 2.96. The van der Waals surface area contributed by atoms with Crippen LogP contribution in [0.15, 0.2) is 46.3 Å². The fraction of sp³-hybridized carbons (Fsp3) is 0.316. The highest BCUT2D eigenvalue weighted by atomic mass is 16.1. The van der Waals surface area contributed by atoms with Crippen molar-refractivity contribution < 1.29 is 4.79 Å². The molecule has 0 radical (unpaired) electrons. The summed E-state index contributed by atoms with van der Waals surface area (Å²) in [6.45, 7) is 6.80. The van der Waals surface area contributed by atoms with E-state index >= 15 is 0 Å². The Labute approximate surface area is 142 Å². The Kier molecular flexibility index (Phi) is 5.68. The molecule has 0 saturated heterocycles. The maximum absolute atomic E-state index is 12.6. The highest BCUT2D eigenvalue weighted by Gasteiger charge is 2.12. The van der Waals surface area contributed by atoms with Crippen LogP contribution in [0.2, 0.25) is 0 Å². The Balaban J connectivity index is 2.27. The monoisotopic (exact) mass is 325 g/mol. The zero-order valence-electron chi connectivity index (χ0n) is 14.6. The number of Topliss-reactive ketones (excluding diaryl/α,β-unsaturated/α-hetero) is 1. The number of carbonyl (C=O) groups is 1. The lowest BCUT2D eigenvalue weighted by Crippen LogP contribution is -2.23. The first-order chi connectivity index (χ1) is 11.4. The molecule has 0 fully saturated rings. The Hall–Kier alpha value is -2.69. The third-order valence-corrected chi connectivity index (χ3v) is 3.95. The molecule has 0 unspecified atom stereocenters. The summed E-state index contributed by atoms with van der Waals surface area (Å²) in [5, 5.41) is 0. The van der Waals surface area contributed by atoms with Gasteiger partial charge < -0.3 is 9.47 Å². The maximum atomic E-state index is 12.6. The van der Waals surface area contributed by atoms with Crippen molar-refractivity contribution in [3.63, 3.8) is 0 Å². The number of hydrogen-bond donors (Lipinski definition) is 0. The van der Waals surface area contributed by atoms with Crippen molar-refractivity contribution >= 4 is 17.8 Å². The normalized spacial score (nSPS) is 11.0. The van der Waals surface area contributed by atoms with Gasteiger partial charge in [-0.25, -0.2) is 4.99 Å². The van der Waals surface area contributed by atoms with Gasteiger partial charge >= 0.3 is 0 Å². The SMILES string of the molecule is CCN(C)/C=N\c1cc(C)c(C(=O)Cn2ccccc2=O)cc1C. The molecule has 0 aliphatic carbocycles. The number of aliphatic imine (C=N–C) groups is 1. The maximum Gasteiger partial charge on any atom is 0.250 e. The lowest BCUT2D eigenvalue weighted by atomic mass is 10.0. The fourth-order valence-corrected chi connectivity index (χ4v) is 2.31. The highest BCUT2D eigenvalue weighted by Crippen LogP contribution is 2.23. The molecular weight excluding hydrogens is 302 g/mol. The van der Waals surface area contributed by atoms with Gasteiger partial charge in [0.25, 0.3) is 5.56 Å². The van der Waals surface area contributed by atoms with E-state index in [1.807, 2.05) is 37.9 Å². The van der Waals surface area contributed by atoms with E-state index in [0.29, 0.717) is 5.56 Å². The van der Waals surface area contributed by atoms with Gasteiger partial charge in [-0.2, -0.15) is 0 Å². The summed E-state index contributed by atoms with van der Waals surface area (Å²) in [6, 6.07) is 8.63. The topological polar surface area (TPSA) is 54.7 Å². The average Bonchev–Trinajstić information content (AvgIpc) is 2.56. The van der Waals surface area contributed by atoms with Crippen LogP contribution < -0.4 is 5.56 Å². The lowest BCUT2D eigenvalue weighted by Gasteiger charge is -2.12. The largest absolute Gasteiger partial charge is 0.366 e. The molecule has 5 heteroatoms. The van der Waals surface area contributed by atoms with Gasteiger partial charge in [0.1, 0.15) is 0 Å².